The third-order valence-electron chi connectivity index (χ3n) is 4.86. The van der Waals surface area contributed by atoms with Crippen LogP contribution in [0.25, 0.3) is 6.08 Å². The summed E-state index contributed by atoms with van der Waals surface area (Å²) in [5.74, 6) is 1.48. The lowest BCUT2D eigenvalue weighted by atomic mass is 9.77. The van der Waals surface area contributed by atoms with Gasteiger partial charge >= 0.3 is 7.12 Å². The van der Waals surface area contributed by atoms with Gasteiger partial charge in [-0.1, -0.05) is 12.1 Å². The normalized spacial score (nSPS) is 22.4. The lowest BCUT2D eigenvalue weighted by molar-refractivity contribution is 0.00578. The molecule has 0 aromatic heterocycles. The Bertz CT molecular complexity index is 622. The van der Waals surface area contributed by atoms with Gasteiger partial charge in [0.2, 0.25) is 0 Å². The Morgan fingerprint density at radius 3 is 2.33 bits per heavy atom. The number of aliphatic hydroxyl groups is 1. The highest BCUT2D eigenvalue weighted by Gasteiger charge is 2.52. The molecule has 6 heteroatoms. The monoisotopic (exact) mass is 332 g/mol. The standard InChI is InChI=1S/C18H25BO5/c1-17(2)18(3,4)24-19(23-17)14(12-20)10-13-6-7-15-16(11-13)22-9-5-8-21-15/h6-7,10-11,20H,5,8-9,12H2,1-4H3. The van der Waals surface area contributed by atoms with Gasteiger partial charge < -0.3 is 23.9 Å². The molecule has 3 rings (SSSR count). The van der Waals surface area contributed by atoms with Gasteiger partial charge in [0, 0.05) is 6.42 Å². The fraction of sp³-hybridized carbons (Fsp3) is 0.556. The molecule has 2 aliphatic heterocycles. The molecular formula is C18H25BO5. The minimum Gasteiger partial charge on any atom is -0.490 e. The van der Waals surface area contributed by atoms with E-state index in [9.17, 15) is 5.11 Å². The zero-order chi connectivity index (χ0) is 17.4. The maximum absolute atomic E-state index is 9.79. The van der Waals surface area contributed by atoms with Crippen molar-refractivity contribution in [3.05, 3.63) is 29.2 Å². The molecule has 0 spiro atoms. The molecule has 130 valence electrons. The van der Waals surface area contributed by atoms with Crippen molar-refractivity contribution in [2.75, 3.05) is 19.8 Å². The van der Waals surface area contributed by atoms with E-state index in [1.807, 2.05) is 52.0 Å². The maximum atomic E-state index is 9.79. The summed E-state index contributed by atoms with van der Waals surface area (Å²) in [4.78, 5) is 0. The van der Waals surface area contributed by atoms with Gasteiger partial charge in [0.25, 0.3) is 0 Å². The first kappa shape index (κ1) is 17.3. The Hall–Kier alpha value is -1.50. The van der Waals surface area contributed by atoms with Crippen LogP contribution < -0.4 is 9.47 Å². The van der Waals surface area contributed by atoms with E-state index in [1.54, 1.807) is 0 Å². The number of hydrogen-bond acceptors (Lipinski definition) is 5. The van der Waals surface area contributed by atoms with Crippen molar-refractivity contribution >= 4 is 13.2 Å². The maximum Gasteiger partial charge on any atom is 0.492 e. The molecule has 1 aromatic carbocycles. The lowest BCUT2D eigenvalue weighted by Crippen LogP contribution is -2.41. The molecule has 2 heterocycles. The molecule has 0 unspecified atom stereocenters. The van der Waals surface area contributed by atoms with Crippen LogP contribution in [0.5, 0.6) is 11.5 Å². The zero-order valence-electron chi connectivity index (χ0n) is 14.8. The van der Waals surface area contributed by atoms with Crippen molar-refractivity contribution in [1.82, 2.24) is 0 Å². The van der Waals surface area contributed by atoms with Crippen LogP contribution >= 0.6 is 0 Å². The summed E-state index contributed by atoms with van der Waals surface area (Å²) in [6.07, 6.45) is 2.76. The van der Waals surface area contributed by atoms with Crippen molar-refractivity contribution in [3.63, 3.8) is 0 Å². The van der Waals surface area contributed by atoms with Crippen molar-refractivity contribution < 1.29 is 23.9 Å². The second-order valence-corrected chi connectivity index (χ2v) is 7.22. The van der Waals surface area contributed by atoms with Crippen molar-refractivity contribution in [3.8, 4) is 11.5 Å². The molecule has 0 atom stereocenters. The minimum atomic E-state index is -0.559. The van der Waals surface area contributed by atoms with Gasteiger partial charge in [-0.15, -0.1) is 0 Å². The largest absolute Gasteiger partial charge is 0.492 e. The lowest BCUT2D eigenvalue weighted by Gasteiger charge is -2.32. The fourth-order valence-corrected chi connectivity index (χ4v) is 2.67. The van der Waals surface area contributed by atoms with Crippen LogP contribution in [-0.4, -0.2) is 43.2 Å². The highest BCUT2D eigenvalue weighted by atomic mass is 16.7. The Labute approximate surface area is 143 Å². The molecule has 1 saturated heterocycles. The van der Waals surface area contributed by atoms with E-state index in [0.717, 1.165) is 23.5 Å². The summed E-state index contributed by atoms with van der Waals surface area (Å²) in [5.41, 5.74) is 0.731. The van der Waals surface area contributed by atoms with Crippen molar-refractivity contribution in [1.29, 1.82) is 0 Å². The minimum absolute atomic E-state index is 0.134. The number of fused-ring (bicyclic) bond motifs is 1. The van der Waals surface area contributed by atoms with Crippen molar-refractivity contribution in [2.24, 2.45) is 0 Å². The smallest absolute Gasteiger partial charge is 0.490 e. The third-order valence-corrected chi connectivity index (χ3v) is 4.86. The summed E-state index contributed by atoms with van der Waals surface area (Å²) in [5, 5.41) is 9.79. The molecule has 0 aliphatic carbocycles. The van der Waals surface area contributed by atoms with Crippen LogP contribution in [0.1, 0.15) is 39.7 Å². The molecular weight excluding hydrogens is 307 g/mol. The first-order chi connectivity index (χ1) is 11.3. The first-order valence-electron chi connectivity index (χ1n) is 8.39. The molecule has 0 bridgehead atoms. The van der Waals surface area contributed by atoms with E-state index < -0.39 is 18.3 Å². The number of ether oxygens (including phenoxy) is 2. The molecule has 1 aromatic rings. The summed E-state index contributed by atoms with van der Waals surface area (Å²) in [7, 11) is -0.559. The molecule has 0 radical (unpaired) electrons. The van der Waals surface area contributed by atoms with E-state index in [4.69, 9.17) is 18.8 Å². The average molecular weight is 332 g/mol. The highest BCUT2D eigenvalue weighted by molar-refractivity contribution is 6.55. The second kappa shape index (κ2) is 6.43. The van der Waals surface area contributed by atoms with Crippen LogP contribution in [0.3, 0.4) is 0 Å². The SMILES string of the molecule is CC1(C)OB(C(=Cc2ccc3c(c2)OCCCO3)CO)OC1(C)C. The van der Waals surface area contributed by atoms with Crippen LogP contribution in [0, 0.1) is 0 Å². The number of aliphatic hydroxyl groups excluding tert-OH is 1. The third kappa shape index (κ3) is 3.32. The fourth-order valence-electron chi connectivity index (χ4n) is 2.67. The van der Waals surface area contributed by atoms with Crippen LogP contribution in [0.15, 0.2) is 23.7 Å². The number of rotatable bonds is 3. The van der Waals surface area contributed by atoms with Gasteiger partial charge in [0.1, 0.15) is 0 Å². The molecule has 1 N–H and O–H groups in total. The van der Waals surface area contributed by atoms with Crippen LogP contribution in [-0.2, 0) is 9.31 Å². The van der Waals surface area contributed by atoms with Gasteiger partial charge in [-0.3, -0.25) is 0 Å². The summed E-state index contributed by atoms with van der Waals surface area (Å²) in [6, 6.07) is 5.75. The summed E-state index contributed by atoms with van der Waals surface area (Å²) >= 11 is 0. The van der Waals surface area contributed by atoms with E-state index in [0.29, 0.717) is 18.7 Å². The summed E-state index contributed by atoms with van der Waals surface area (Å²) in [6.45, 7) is 9.16. The number of benzene rings is 1. The molecule has 1 fully saturated rings. The molecule has 24 heavy (non-hydrogen) atoms. The second-order valence-electron chi connectivity index (χ2n) is 7.22. The van der Waals surface area contributed by atoms with E-state index in [-0.39, 0.29) is 6.61 Å². The Kier molecular flexibility index (Phi) is 4.64. The van der Waals surface area contributed by atoms with Gasteiger partial charge in [-0.25, -0.2) is 0 Å². The topological polar surface area (TPSA) is 57.2 Å². The predicted octanol–water partition coefficient (Wildman–Crippen LogP) is 2.86. The predicted molar refractivity (Wildman–Crippen MR) is 93.2 cm³/mol. The van der Waals surface area contributed by atoms with E-state index in [1.165, 1.54) is 0 Å². The van der Waals surface area contributed by atoms with E-state index >= 15 is 0 Å². The zero-order valence-corrected chi connectivity index (χ0v) is 14.8. The number of hydrogen-bond donors (Lipinski definition) is 1. The van der Waals surface area contributed by atoms with Gasteiger partial charge in [-0.2, -0.15) is 0 Å². The Morgan fingerprint density at radius 2 is 1.71 bits per heavy atom. The van der Waals surface area contributed by atoms with Crippen molar-refractivity contribution in [2.45, 2.75) is 45.3 Å². The Balaban J connectivity index is 1.85. The van der Waals surface area contributed by atoms with Crippen LogP contribution in [0.4, 0.5) is 0 Å². The van der Waals surface area contributed by atoms with E-state index in [2.05, 4.69) is 0 Å². The molecule has 5 nitrogen and oxygen atoms in total. The Morgan fingerprint density at radius 1 is 1.08 bits per heavy atom. The first-order valence-corrected chi connectivity index (χ1v) is 8.39. The summed E-state index contributed by atoms with van der Waals surface area (Å²) < 4.78 is 23.4. The average Bonchev–Trinajstić information content (AvgIpc) is 2.69. The quantitative estimate of drug-likeness (QED) is 0.863. The van der Waals surface area contributed by atoms with Crippen LogP contribution in [0.2, 0.25) is 0 Å². The molecule has 2 aliphatic rings. The highest BCUT2D eigenvalue weighted by Crippen LogP contribution is 2.39. The van der Waals surface area contributed by atoms with Gasteiger partial charge in [-0.05, 0) is 50.9 Å². The molecule has 0 saturated carbocycles. The molecule has 0 amide bonds. The van der Waals surface area contributed by atoms with Gasteiger partial charge in [0.15, 0.2) is 11.5 Å². The van der Waals surface area contributed by atoms with Gasteiger partial charge in [0.05, 0.1) is 31.0 Å².